The third-order valence-electron chi connectivity index (χ3n) is 5.27. The van der Waals surface area contributed by atoms with Gasteiger partial charge >= 0.3 is 0 Å². The van der Waals surface area contributed by atoms with E-state index in [1.54, 1.807) is 7.05 Å². The molecule has 1 saturated carbocycles. The van der Waals surface area contributed by atoms with Gasteiger partial charge in [0.15, 0.2) is 15.8 Å². The number of nitrogens with one attached hydrogen (secondary N) is 2. The number of aliphatic imine (C=N–C) groups is 1. The van der Waals surface area contributed by atoms with Crippen molar-refractivity contribution in [2.24, 2.45) is 16.3 Å². The fourth-order valence-corrected chi connectivity index (χ4v) is 4.98. The maximum atomic E-state index is 11.4. The summed E-state index contributed by atoms with van der Waals surface area (Å²) in [6.45, 7) is 6.25. The lowest BCUT2D eigenvalue weighted by molar-refractivity contribution is 0.235. The van der Waals surface area contributed by atoms with E-state index in [9.17, 15) is 8.42 Å². The lowest BCUT2D eigenvalue weighted by atomic mass is 9.78. The molecule has 27 heavy (non-hydrogen) atoms. The standard InChI is InChI=1S/C21H35N3O2S/c1-17(2)13-21(11-5-6-12-21)16-24-20(22-3)23-14-18-7-9-19(10-8-18)15-27(4,25)26/h7-10,17H,5-6,11-16H2,1-4H3,(H2,22,23,24). The van der Waals surface area contributed by atoms with E-state index in [1.165, 1.54) is 38.4 Å². The highest BCUT2D eigenvalue weighted by molar-refractivity contribution is 7.89. The summed E-state index contributed by atoms with van der Waals surface area (Å²) in [5.41, 5.74) is 2.33. The zero-order valence-corrected chi connectivity index (χ0v) is 18.0. The fraction of sp³-hybridized carbons (Fsp3) is 0.667. The van der Waals surface area contributed by atoms with Gasteiger partial charge in [0.25, 0.3) is 0 Å². The molecule has 1 aromatic rings. The molecule has 0 unspecified atom stereocenters. The average Bonchev–Trinajstić information content (AvgIpc) is 3.03. The summed E-state index contributed by atoms with van der Waals surface area (Å²) in [5, 5.41) is 6.90. The van der Waals surface area contributed by atoms with Crippen molar-refractivity contribution in [2.75, 3.05) is 19.8 Å². The molecule has 1 aromatic carbocycles. The van der Waals surface area contributed by atoms with Gasteiger partial charge in [-0.2, -0.15) is 0 Å². The quantitative estimate of drug-likeness (QED) is 0.524. The van der Waals surface area contributed by atoms with E-state index in [1.807, 2.05) is 24.3 Å². The minimum Gasteiger partial charge on any atom is -0.356 e. The Kier molecular flexibility index (Phi) is 7.71. The molecule has 1 aliphatic rings. The van der Waals surface area contributed by atoms with Gasteiger partial charge < -0.3 is 10.6 Å². The lowest BCUT2D eigenvalue weighted by Gasteiger charge is -2.32. The van der Waals surface area contributed by atoms with Crippen LogP contribution >= 0.6 is 0 Å². The monoisotopic (exact) mass is 393 g/mol. The molecule has 0 atom stereocenters. The fourth-order valence-electron chi connectivity index (χ4n) is 4.18. The van der Waals surface area contributed by atoms with Gasteiger partial charge in [-0.25, -0.2) is 8.42 Å². The number of nitrogens with zero attached hydrogens (tertiary/aromatic N) is 1. The zero-order valence-electron chi connectivity index (χ0n) is 17.2. The molecule has 5 nitrogen and oxygen atoms in total. The molecule has 0 aliphatic heterocycles. The molecule has 0 aromatic heterocycles. The Morgan fingerprint density at radius 1 is 1.11 bits per heavy atom. The van der Waals surface area contributed by atoms with Gasteiger partial charge in [0.05, 0.1) is 5.75 Å². The number of hydrogen-bond acceptors (Lipinski definition) is 3. The molecular weight excluding hydrogens is 358 g/mol. The first-order chi connectivity index (χ1) is 12.7. The highest BCUT2D eigenvalue weighted by Gasteiger charge is 2.34. The van der Waals surface area contributed by atoms with Crippen molar-refractivity contribution >= 4 is 15.8 Å². The van der Waals surface area contributed by atoms with Gasteiger partial charge in [-0.3, -0.25) is 4.99 Å². The van der Waals surface area contributed by atoms with Crippen molar-refractivity contribution < 1.29 is 8.42 Å². The van der Waals surface area contributed by atoms with Crippen LogP contribution in [-0.2, 0) is 22.1 Å². The van der Waals surface area contributed by atoms with Crippen LogP contribution in [-0.4, -0.2) is 34.2 Å². The molecule has 2 N–H and O–H groups in total. The first-order valence-electron chi connectivity index (χ1n) is 9.91. The minimum atomic E-state index is -2.99. The van der Waals surface area contributed by atoms with Gasteiger partial charge in [-0.05, 0) is 41.7 Å². The molecule has 0 spiro atoms. The van der Waals surface area contributed by atoms with Gasteiger partial charge in [0, 0.05) is 26.4 Å². The highest BCUT2D eigenvalue weighted by atomic mass is 32.2. The van der Waals surface area contributed by atoms with E-state index in [0.29, 0.717) is 17.9 Å². The maximum Gasteiger partial charge on any atom is 0.191 e. The summed E-state index contributed by atoms with van der Waals surface area (Å²) >= 11 is 0. The zero-order chi connectivity index (χ0) is 19.9. The van der Waals surface area contributed by atoms with Crippen molar-refractivity contribution in [3.63, 3.8) is 0 Å². The van der Waals surface area contributed by atoms with Crippen LogP contribution < -0.4 is 10.6 Å². The van der Waals surface area contributed by atoms with E-state index in [-0.39, 0.29) is 5.75 Å². The van der Waals surface area contributed by atoms with Crippen LogP contribution in [0.2, 0.25) is 0 Å². The van der Waals surface area contributed by atoms with Crippen LogP contribution in [0.1, 0.15) is 57.1 Å². The Morgan fingerprint density at radius 3 is 2.22 bits per heavy atom. The SMILES string of the molecule is CN=C(NCc1ccc(CS(C)(=O)=O)cc1)NCC1(CC(C)C)CCCC1. The van der Waals surface area contributed by atoms with Gasteiger partial charge in [-0.15, -0.1) is 0 Å². The van der Waals surface area contributed by atoms with Crippen LogP contribution in [0.5, 0.6) is 0 Å². The van der Waals surface area contributed by atoms with Crippen molar-refractivity contribution in [3.05, 3.63) is 35.4 Å². The molecule has 6 heteroatoms. The minimum absolute atomic E-state index is 0.0852. The van der Waals surface area contributed by atoms with Crippen molar-refractivity contribution in [2.45, 2.75) is 58.2 Å². The summed E-state index contributed by atoms with van der Waals surface area (Å²) in [6.07, 6.45) is 7.79. The Morgan fingerprint density at radius 2 is 1.70 bits per heavy atom. The van der Waals surface area contributed by atoms with E-state index >= 15 is 0 Å². The number of guanidine groups is 1. The molecular formula is C21H35N3O2S. The molecule has 1 fully saturated rings. The third-order valence-corrected chi connectivity index (χ3v) is 6.13. The number of rotatable bonds is 8. The predicted molar refractivity (Wildman–Crippen MR) is 114 cm³/mol. The second-order valence-corrected chi connectivity index (χ2v) is 10.6. The van der Waals surface area contributed by atoms with Crippen molar-refractivity contribution in [3.8, 4) is 0 Å². The first kappa shape index (κ1) is 21.7. The van der Waals surface area contributed by atoms with Gasteiger partial charge in [0.1, 0.15) is 0 Å². The van der Waals surface area contributed by atoms with E-state index in [4.69, 9.17) is 0 Å². The van der Waals surface area contributed by atoms with E-state index in [0.717, 1.165) is 23.6 Å². The second kappa shape index (κ2) is 9.58. The summed E-state index contributed by atoms with van der Waals surface area (Å²) in [6, 6.07) is 7.70. The summed E-state index contributed by atoms with van der Waals surface area (Å²) in [5.74, 6) is 1.62. The maximum absolute atomic E-state index is 11.4. The van der Waals surface area contributed by atoms with Crippen molar-refractivity contribution in [1.82, 2.24) is 10.6 Å². The van der Waals surface area contributed by atoms with Crippen LogP contribution in [0.15, 0.2) is 29.3 Å². The molecule has 152 valence electrons. The number of benzene rings is 1. The lowest BCUT2D eigenvalue weighted by Crippen LogP contribution is -2.43. The largest absolute Gasteiger partial charge is 0.356 e. The molecule has 0 amide bonds. The number of hydrogen-bond donors (Lipinski definition) is 2. The van der Waals surface area contributed by atoms with Crippen LogP contribution in [0.3, 0.4) is 0 Å². The summed E-state index contributed by atoms with van der Waals surface area (Å²) in [7, 11) is -1.19. The van der Waals surface area contributed by atoms with Crippen LogP contribution in [0.25, 0.3) is 0 Å². The molecule has 0 saturated heterocycles. The van der Waals surface area contributed by atoms with Crippen molar-refractivity contribution in [1.29, 1.82) is 0 Å². The van der Waals surface area contributed by atoms with Crippen LogP contribution in [0.4, 0.5) is 0 Å². The van der Waals surface area contributed by atoms with Crippen LogP contribution in [0, 0.1) is 11.3 Å². The molecule has 0 bridgehead atoms. The van der Waals surface area contributed by atoms with Gasteiger partial charge in [0.2, 0.25) is 0 Å². The van der Waals surface area contributed by atoms with E-state index in [2.05, 4.69) is 29.5 Å². The normalized spacial score (nSPS) is 17.3. The Bertz CT molecular complexity index is 718. The molecule has 0 heterocycles. The average molecular weight is 394 g/mol. The first-order valence-corrected chi connectivity index (χ1v) is 12.0. The van der Waals surface area contributed by atoms with Gasteiger partial charge in [-0.1, -0.05) is 51.0 Å². The third kappa shape index (κ3) is 7.53. The molecule has 1 aliphatic carbocycles. The second-order valence-electron chi connectivity index (χ2n) is 8.47. The van der Waals surface area contributed by atoms with E-state index < -0.39 is 9.84 Å². The molecule has 2 rings (SSSR count). The summed E-state index contributed by atoms with van der Waals surface area (Å²) in [4.78, 5) is 4.36. The number of sulfone groups is 1. The Labute approximate surface area is 165 Å². The highest BCUT2D eigenvalue weighted by Crippen LogP contribution is 2.42. The molecule has 0 radical (unpaired) electrons. The Balaban J connectivity index is 1.86. The Hall–Kier alpha value is -1.56. The summed E-state index contributed by atoms with van der Waals surface area (Å²) < 4.78 is 22.8. The smallest absolute Gasteiger partial charge is 0.191 e. The predicted octanol–water partition coefficient (Wildman–Crippen LogP) is 3.50. The topological polar surface area (TPSA) is 70.6 Å².